The van der Waals surface area contributed by atoms with E-state index in [0.717, 1.165) is 33.8 Å². The summed E-state index contributed by atoms with van der Waals surface area (Å²) in [6, 6.07) is 15.4. The lowest BCUT2D eigenvalue weighted by atomic mass is 10.1. The van der Waals surface area contributed by atoms with Crippen molar-refractivity contribution in [2.24, 2.45) is 14.1 Å². The van der Waals surface area contributed by atoms with Gasteiger partial charge in [0.25, 0.3) is 0 Å². The first-order valence-electron chi connectivity index (χ1n) is 10.0. The molecule has 2 aromatic heterocycles. The zero-order valence-electron chi connectivity index (χ0n) is 18.4. The zero-order chi connectivity index (χ0) is 22.7. The van der Waals surface area contributed by atoms with Gasteiger partial charge >= 0.3 is 0 Å². The number of aromatic nitrogens is 5. The second kappa shape index (κ2) is 9.27. The average Bonchev–Trinajstić information content (AvgIpc) is 3.36. The maximum absolute atomic E-state index is 12.4. The first kappa shape index (κ1) is 21.6. The molecule has 2 heterocycles. The molecule has 1 amide bonds. The van der Waals surface area contributed by atoms with E-state index in [9.17, 15) is 4.79 Å². The summed E-state index contributed by atoms with van der Waals surface area (Å²) in [7, 11) is 5.40. The van der Waals surface area contributed by atoms with E-state index in [-0.39, 0.29) is 11.7 Å². The number of ether oxygens (including phenoxy) is 1. The van der Waals surface area contributed by atoms with E-state index in [2.05, 4.69) is 20.6 Å². The van der Waals surface area contributed by atoms with Gasteiger partial charge in [-0.2, -0.15) is 5.10 Å². The summed E-state index contributed by atoms with van der Waals surface area (Å²) in [5, 5.41) is 16.9. The van der Waals surface area contributed by atoms with Crippen LogP contribution in [0.1, 0.15) is 5.56 Å². The highest BCUT2D eigenvalue weighted by Gasteiger charge is 2.20. The molecule has 8 nitrogen and oxygen atoms in total. The summed E-state index contributed by atoms with van der Waals surface area (Å²) in [6.07, 6.45) is 1.91. The van der Waals surface area contributed by atoms with Gasteiger partial charge in [-0.15, -0.1) is 10.2 Å². The molecule has 4 aromatic rings. The first-order valence-corrected chi connectivity index (χ1v) is 11.0. The van der Waals surface area contributed by atoms with E-state index in [0.29, 0.717) is 11.0 Å². The smallest absolute Gasteiger partial charge is 0.234 e. The molecular weight excluding hydrogens is 424 g/mol. The van der Waals surface area contributed by atoms with Crippen LogP contribution in [-0.4, -0.2) is 43.3 Å². The van der Waals surface area contributed by atoms with Crippen molar-refractivity contribution < 1.29 is 9.53 Å². The van der Waals surface area contributed by atoms with Crippen LogP contribution in [0.15, 0.2) is 59.9 Å². The fraction of sp³-hybridized carbons (Fsp3) is 0.217. The van der Waals surface area contributed by atoms with Gasteiger partial charge in [0.1, 0.15) is 11.4 Å². The number of hydrogen-bond acceptors (Lipinski definition) is 6. The number of nitrogens with one attached hydrogen (secondary N) is 1. The first-order chi connectivity index (χ1) is 15.5. The molecule has 1 N–H and O–H groups in total. The van der Waals surface area contributed by atoms with Crippen LogP contribution in [-0.2, 0) is 18.9 Å². The van der Waals surface area contributed by atoms with E-state index in [1.165, 1.54) is 11.8 Å². The van der Waals surface area contributed by atoms with Gasteiger partial charge in [-0.25, -0.2) is 0 Å². The summed E-state index contributed by atoms with van der Waals surface area (Å²) in [5.41, 5.74) is 4.40. The molecule has 0 fully saturated rings. The van der Waals surface area contributed by atoms with E-state index in [4.69, 9.17) is 4.74 Å². The molecule has 0 saturated heterocycles. The SMILES string of the molecule is COc1cccc(-c2nn(C)cc2-c2nnc(SCC(=O)Nc3ccccc3C)n2C)c1. The monoisotopic (exact) mass is 448 g/mol. The fourth-order valence-electron chi connectivity index (χ4n) is 3.34. The van der Waals surface area contributed by atoms with Crippen LogP contribution in [0.5, 0.6) is 5.75 Å². The van der Waals surface area contributed by atoms with Crippen LogP contribution >= 0.6 is 11.8 Å². The van der Waals surface area contributed by atoms with Gasteiger partial charge in [0.05, 0.1) is 18.4 Å². The maximum atomic E-state index is 12.4. The molecule has 0 radical (unpaired) electrons. The van der Waals surface area contributed by atoms with E-state index in [1.807, 2.05) is 80.3 Å². The number of aryl methyl sites for hydroxylation is 2. The highest BCUT2D eigenvalue weighted by atomic mass is 32.2. The fourth-order valence-corrected chi connectivity index (χ4v) is 4.05. The van der Waals surface area contributed by atoms with Crippen molar-refractivity contribution in [2.45, 2.75) is 12.1 Å². The van der Waals surface area contributed by atoms with Crippen LogP contribution in [0.4, 0.5) is 5.69 Å². The van der Waals surface area contributed by atoms with Crippen molar-refractivity contribution >= 4 is 23.4 Å². The van der Waals surface area contributed by atoms with Crippen molar-refractivity contribution in [1.82, 2.24) is 24.5 Å². The molecule has 0 aliphatic carbocycles. The number of benzene rings is 2. The van der Waals surface area contributed by atoms with Gasteiger partial charge in [0.15, 0.2) is 11.0 Å². The lowest BCUT2D eigenvalue weighted by molar-refractivity contribution is -0.113. The summed E-state index contributed by atoms with van der Waals surface area (Å²) in [5.74, 6) is 1.58. The molecule has 9 heteroatoms. The minimum Gasteiger partial charge on any atom is -0.497 e. The molecule has 0 aliphatic heterocycles. The minimum atomic E-state index is -0.0905. The van der Waals surface area contributed by atoms with E-state index < -0.39 is 0 Å². The highest BCUT2D eigenvalue weighted by Crippen LogP contribution is 2.32. The Bertz CT molecular complexity index is 1260. The molecule has 0 atom stereocenters. The van der Waals surface area contributed by atoms with Crippen molar-refractivity contribution in [3.8, 4) is 28.4 Å². The molecule has 164 valence electrons. The maximum Gasteiger partial charge on any atom is 0.234 e. The van der Waals surface area contributed by atoms with Gasteiger partial charge in [0, 0.05) is 31.5 Å². The van der Waals surface area contributed by atoms with Crippen LogP contribution in [0.2, 0.25) is 0 Å². The number of methoxy groups -OCH3 is 1. The molecule has 0 spiro atoms. The third-order valence-corrected chi connectivity index (χ3v) is 6.02. The molecule has 2 aromatic carbocycles. The minimum absolute atomic E-state index is 0.0905. The Balaban J connectivity index is 1.53. The number of thioether (sulfide) groups is 1. The molecule has 0 bridgehead atoms. The van der Waals surface area contributed by atoms with Gasteiger partial charge < -0.3 is 14.6 Å². The molecule has 0 unspecified atom stereocenters. The predicted molar refractivity (Wildman–Crippen MR) is 126 cm³/mol. The Hall–Kier alpha value is -3.59. The Morgan fingerprint density at radius 1 is 1.12 bits per heavy atom. The summed E-state index contributed by atoms with van der Waals surface area (Å²) in [4.78, 5) is 12.4. The van der Waals surface area contributed by atoms with Gasteiger partial charge in [-0.3, -0.25) is 9.48 Å². The molecule has 0 aliphatic rings. The Labute approximate surface area is 190 Å². The summed E-state index contributed by atoms with van der Waals surface area (Å²) in [6.45, 7) is 1.96. The largest absolute Gasteiger partial charge is 0.497 e. The van der Waals surface area contributed by atoms with Crippen LogP contribution < -0.4 is 10.1 Å². The normalized spacial score (nSPS) is 10.9. The van der Waals surface area contributed by atoms with Crippen molar-refractivity contribution in [2.75, 3.05) is 18.2 Å². The summed E-state index contributed by atoms with van der Waals surface area (Å²) < 4.78 is 8.98. The third kappa shape index (κ3) is 4.52. The molecule has 32 heavy (non-hydrogen) atoms. The average molecular weight is 449 g/mol. The number of carbonyl (C=O) groups excluding carboxylic acids is 1. The van der Waals surface area contributed by atoms with Crippen LogP contribution in [0.3, 0.4) is 0 Å². The topological polar surface area (TPSA) is 86.9 Å². The number of rotatable bonds is 7. The number of hydrogen-bond donors (Lipinski definition) is 1. The number of carbonyl (C=O) groups is 1. The zero-order valence-corrected chi connectivity index (χ0v) is 19.2. The number of amides is 1. The number of nitrogens with zero attached hydrogens (tertiary/aromatic N) is 5. The Morgan fingerprint density at radius 3 is 2.72 bits per heavy atom. The van der Waals surface area contributed by atoms with E-state index >= 15 is 0 Å². The Morgan fingerprint density at radius 2 is 1.94 bits per heavy atom. The highest BCUT2D eigenvalue weighted by molar-refractivity contribution is 7.99. The third-order valence-electron chi connectivity index (χ3n) is 5.00. The van der Waals surface area contributed by atoms with Crippen LogP contribution in [0, 0.1) is 6.92 Å². The number of anilines is 1. The Kier molecular flexibility index (Phi) is 6.27. The quantitative estimate of drug-likeness (QED) is 0.431. The number of para-hydroxylation sites is 1. The van der Waals surface area contributed by atoms with E-state index in [1.54, 1.807) is 11.8 Å². The molecular formula is C23H24N6O2S. The lowest BCUT2D eigenvalue weighted by Gasteiger charge is -2.08. The second-order valence-electron chi connectivity index (χ2n) is 7.31. The van der Waals surface area contributed by atoms with Crippen molar-refractivity contribution in [1.29, 1.82) is 0 Å². The standard InChI is InChI=1S/C23H24N6O2S/c1-15-8-5-6-11-19(15)24-20(30)14-32-23-26-25-22(29(23)3)18-13-28(2)27-21(18)16-9-7-10-17(12-16)31-4/h5-13H,14H2,1-4H3,(H,24,30). The summed E-state index contributed by atoms with van der Waals surface area (Å²) >= 11 is 1.34. The van der Waals surface area contributed by atoms with Crippen molar-refractivity contribution in [3.63, 3.8) is 0 Å². The van der Waals surface area contributed by atoms with Gasteiger partial charge in [-0.05, 0) is 30.7 Å². The van der Waals surface area contributed by atoms with Gasteiger partial charge in [0.2, 0.25) is 5.91 Å². The predicted octanol–water partition coefficient (Wildman–Crippen LogP) is 3.93. The van der Waals surface area contributed by atoms with Gasteiger partial charge in [-0.1, -0.05) is 42.1 Å². The van der Waals surface area contributed by atoms with Crippen LogP contribution in [0.25, 0.3) is 22.6 Å². The lowest BCUT2D eigenvalue weighted by Crippen LogP contribution is -2.15. The van der Waals surface area contributed by atoms with Crippen molar-refractivity contribution in [3.05, 3.63) is 60.3 Å². The molecule has 4 rings (SSSR count). The second-order valence-corrected chi connectivity index (χ2v) is 8.26. The molecule has 0 saturated carbocycles.